The number of hydrogen-bond acceptors (Lipinski definition) is 3. The van der Waals surface area contributed by atoms with Gasteiger partial charge in [-0.2, -0.15) is 0 Å². The van der Waals surface area contributed by atoms with Gasteiger partial charge in [0.25, 0.3) is 0 Å². The molecule has 1 aliphatic heterocycles. The van der Waals surface area contributed by atoms with Gasteiger partial charge in [0.05, 0.1) is 5.69 Å². The maximum absolute atomic E-state index is 10.9. The third-order valence-electron chi connectivity index (χ3n) is 1.78. The summed E-state index contributed by atoms with van der Waals surface area (Å²) in [6, 6.07) is 5.74. The number of carbonyl (C=O) groups is 1. The summed E-state index contributed by atoms with van der Waals surface area (Å²) in [6.45, 7) is 2.22. The summed E-state index contributed by atoms with van der Waals surface area (Å²) in [6.07, 6.45) is 0. The SMILES string of the molecule is Cc1ccc2c(c1)OC(=O)CN2. The highest BCUT2D eigenvalue weighted by Crippen LogP contribution is 2.27. The van der Waals surface area contributed by atoms with Crippen LogP contribution >= 0.6 is 0 Å². The van der Waals surface area contributed by atoms with Crippen molar-refractivity contribution >= 4 is 11.7 Å². The van der Waals surface area contributed by atoms with Crippen molar-refractivity contribution in [3.8, 4) is 5.75 Å². The number of aryl methyl sites for hydroxylation is 1. The van der Waals surface area contributed by atoms with E-state index >= 15 is 0 Å². The zero-order valence-electron chi connectivity index (χ0n) is 6.76. The summed E-state index contributed by atoms with van der Waals surface area (Å²) >= 11 is 0. The number of carbonyl (C=O) groups excluding carboxylic acids is 1. The summed E-state index contributed by atoms with van der Waals surface area (Å²) < 4.78 is 5.01. The third-order valence-corrected chi connectivity index (χ3v) is 1.78. The van der Waals surface area contributed by atoms with E-state index in [9.17, 15) is 4.79 Å². The fourth-order valence-corrected chi connectivity index (χ4v) is 1.19. The molecule has 0 amide bonds. The molecule has 0 unspecified atom stereocenters. The van der Waals surface area contributed by atoms with Gasteiger partial charge in [-0.25, -0.2) is 4.79 Å². The topological polar surface area (TPSA) is 38.3 Å². The van der Waals surface area contributed by atoms with Crippen molar-refractivity contribution in [2.45, 2.75) is 6.92 Å². The predicted molar refractivity (Wildman–Crippen MR) is 45.3 cm³/mol. The fourth-order valence-electron chi connectivity index (χ4n) is 1.19. The lowest BCUT2D eigenvalue weighted by Gasteiger charge is -2.17. The van der Waals surface area contributed by atoms with Gasteiger partial charge in [-0.3, -0.25) is 0 Å². The van der Waals surface area contributed by atoms with E-state index in [4.69, 9.17) is 4.74 Å². The Kier molecular flexibility index (Phi) is 1.50. The number of hydrogen-bond donors (Lipinski definition) is 1. The molecule has 2 rings (SSSR count). The van der Waals surface area contributed by atoms with E-state index in [2.05, 4.69) is 5.32 Å². The van der Waals surface area contributed by atoms with Gasteiger partial charge in [-0.05, 0) is 24.6 Å². The van der Waals surface area contributed by atoms with Crippen molar-refractivity contribution in [2.24, 2.45) is 0 Å². The van der Waals surface area contributed by atoms with Gasteiger partial charge in [0, 0.05) is 0 Å². The molecule has 62 valence electrons. The molecule has 0 saturated carbocycles. The normalized spacial score (nSPS) is 14.6. The number of esters is 1. The second-order valence-electron chi connectivity index (χ2n) is 2.83. The molecule has 12 heavy (non-hydrogen) atoms. The Morgan fingerprint density at radius 1 is 1.50 bits per heavy atom. The highest BCUT2D eigenvalue weighted by atomic mass is 16.5. The zero-order chi connectivity index (χ0) is 8.55. The van der Waals surface area contributed by atoms with Crippen LogP contribution in [0.25, 0.3) is 0 Å². The lowest BCUT2D eigenvalue weighted by atomic mass is 10.2. The van der Waals surface area contributed by atoms with Crippen LogP contribution in [0.3, 0.4) is 0 Å². The Hall–Kier alpha value is -1.51. The van der Waals surface area contributed by atoms with E-state index < -0.39 is 0 Å². The molecular weight excluding hydrogens is 154 g/mol. The van der Waals surface area contributed by atoms with Crippen molar-refractivity contribution in [1.82, 2.24) is 0 Å². The maximum Gasteiger partial charge on any atom is 0.330 e. The number of nitrogens with one attached hydrogen (secondary N) is 1. The maximum atomic E-state index is 10.9. The van der Waals surface area contributed by atoms with Crippen molar-refractivity contribution < 1.29 is 9.53 Å². The molecule has 1 aromatic carbocycles. The highest BCUT2D eigenvalue weighted by molar-refractivity contribution is 5.83. The van der Waals surface area contributed by atoms with Crippen LogP contribution in [0, 0.1) is 6.92 Å². The van der Waals surface area contributed by atoms with Gasteiger partial charge in [-0.15, -0.1) is 0 Å². The Morgan fingerprint density at radius 3 is 3.17 bits per heavy atom. The molecule has 0 aromatic heterocycles. The second-order valence-corrected chi connectivity index (χ2v) is 2.83. The molecule has 0 saturated heterocycles. The van der Waals surface area contributed by atoms with E-state index in [0.717, 1.165) is 11.3 Å². The van der Waals surface area contributed by atoms with Crippen molar-refractivity contribution in [3.63, 3.8) is 0 Å². The van der Waals surface area contributed by atoms with Crippen LogP contribution in [-0.2, 0) is 4.79 Å². The molecule has 1 N–H and O–H groups in total. The Bertz CT molecular complexity index is 333. The molecule has 1 heterocycles. The van der Waals surface area contributed by atoms with Crippen LogP contribution in [0.2, 0.25) is 0 Å². The number of anilines is 1. The van der Waals surface area contributed by atoms with Crippen molar-refractivity contribution in [3.05, 3.63) is 23.8 Å². The predicted octanol–water partition coefficient (Wildman–Crippen LogP) is 1.33. The average molecular weight is 163 g/mol. The Labute approximate surface area is 70.3 Å². The van der Waals surface area contributed by atoms with Crippen molar-refractivity contribution in [1.29, 1.82) is 0 Å². The molecule has 0 spiro atoms. The van der Waals surface area contributed by atoms with E-state index in [1.165, 1.54) is 0 Å². The monoisotopic (exact) mass is 163 g/mol. The molecule has 0 aliphatic carbocycles. The first kappa shape index (κ1) is 7.16. The van der Waals surface area contributed by atoms with Crippen LogP contribution in [0.15, 0.2) is 18.2 Å². The Balaban J connectivity index is 2.44. The lowest BCUT2D eigenvalue weighted by molar-refractivity contribution is -0.132. The summed E-state index contributed by atoms with van der Waals surface area (Å²) in [5.41, 5.74) is 1.98. The molecular formula is C9H9NO2. The first-order valence-corrected chi connectivity index (χ1v) is 3.81. The standard InChI is InChI=1S/C9H9NO2/c1-6-2-3-7-8(4-6)12-9(11)5-10-7/h2-4,10H,5H2,1H3. The summed E-state index contributed by atoms with van der Waals surface area (Å²) in [5.74, 6) is 0.402. The smallest absolute Gasteiger partial charge is 0.330 e. The van der Waals surface area contributed by atoms with Gasteiger partial charge in [0.15, 0.2) is 5.75 Å². The number of ether oxygens (including phenoxy) is 1. The minimum absolute atomic E-state index is 0.229. The first-order chi connectivity index (χ1) is 5.75. The van der Waals surface area contributed by atoms with Gasteiger partial charge in [-0.1, -0.05) is 6.07 Å². The summed E-state index contributed by atoms with van der Waals surface area (Å²) in [7, 11) is 0. The lowest BCUT2D eigenvalue weighted by Crippen LogP contribution is -2.24. The molecule has 1 aromatic rings. The molecule has 0 bridgehead atoms. The van der Waals surface area contributed by atoms with Gasteiger partial charge >= 0.3 is 5.97 Å². The zero-order valence-corrected chi connectivity index (χ0v) is 6.76. The van der Waals surface area contributed by atoms with Gasteiger partial charge in [0.2, 0.25) is 0 Å². The van der Waals surface area contributed by atoms with Gasteiger partial charge < -0.3 is 10.1 Å². The molecule has 1 aliphatic rings. The molecule has 3 heteroatoms. The minimum Gasteiger partial charge on any atom is -0.423 e. The van der Waals surface area contributed by atoms with E-state index in [1.54, 1.807) is 0 Å². The van der Waals surface area contributed by atoms with Crippen LogP contribution in [0.5, 0.6) is 5.75 Å². The molecule has 3 nitrogen and oxygen atoms in total. The molecule has 0 radical (unpaired) electrons. The van der Waals surface area contributed by atoms with E-state index in [-0.39, 0.29) is 12.5 Å². The van der Waals surface area contributed by atoms with E-state index in [1.807, 2.05) is 25.1 Å². The minimum atomic E-state index is -0.229. The summed E-state index contributed by atoms with van der Waals surface area (Å²) in [5, 5.41) is 2.97. The third kappa shape index (κ3) is 1.13. The summed E-state index contributed by atoms with van der Waals surface area (Å²) in [4.78, 5) is 10.9. The molecule has 0 fully saturated rings. The quantitative estimate of drug-likeness (QED) is 0.463. The van der Waals surface area contributed by atoms with Crippen LogP contribution in [0.4, 0.5) is 5.69 Å². The fraction of sp³-hybridized carbons (Fsp3) is 0.222. The largest absolute Gasteiger partial charge is 0.423 e. The number of benzene rings is 1. The number of fused-ring (bicyclic) bond motifs is 1. The Morgan fingerprint density at radius 2 is 2.33 bits per heavy atom. The van der Waals surface area contributed by atoms with Crippen LogP contribution in [0.1, 0.15) is 5.56 Å². The van der Waals surface area contributed by atoms with Gasteiger partial charge in [0.1, 0.15) is 6.54 Å². The average Bonchev–Trinajstić information content (AvgIpc) is 2.03. The van der Waals surface area contributed by atoms with Crippen LogP contribution in [-0.4, -0.2) is 12.5 Å². The second kappa shape index (κ2) is 2.52. The van der Waals surface area contributed by atoms with E-state index in [0.29, 0.717) is 5.75 Å². The first-order valence-electron chi connectivity index (χ1n) is 3.81. The molecule has 0 atom stereocenters. The highest BCUT2D eigenvalue weighted by Gasteiger charge is 2.15. The van der Waals surface area contributed by atoms with Crippen molar-refractivity contribution in [2.75, 3.05) is 11.9 Å². The number of rotatable bonds is 0. The van der Waals surface area contributed by atoms with Crippen LogP contribution < -0.4 is 10.1 Å².